The molecule has 0 aromatic rings. The monoisotopic (exact) mass is 660 g/mol. The molecule has 2 amide bonds. The Morgan fingerprint density at radius 3 is 1.02 bits per heavy atom. The predicted molar refractivity (Wildman–Crippen MR) is 186 cm³/mol. The molecule has 8 nitrogen and oxygen atoms in total. The summed E-state index contributed by atoms with van der Waals surface area (Å²) < 4.78 is 9.77. The lowest BCUT2D eigenvalue weighted by molar-refractivity contribution is -0.144. The lowest BCUT2D eigenvalue weighted by atomic mass is 10.1. The molecule has 0 saturated heterocycles. The highest BCUT2D eigenvalue weighted by molar-refractivity contribution is 8.76. The second-order valence-electron chi connectivity index (χ2n) is 11.7. The quantitative estimate of drug-likeness (QED) is 0.0434. The van der Waals surface area contributed by atoms with E-state index in [1.165, 1.54) is 126 Å². The largest absolute Gasteiger partial charge is 0.467 e. The molecule has 0 fully saturated rings. The molecular weight excluding hydrogens is 597 g/mol. The lowest BCUT2D eigenvalue weighted by Gasteiger charge is -2.18. The van der Waals surface area contributed by atoms with E-state index in [1.54, 1.807) is 0 Å². The first-order valence-electron chi connectivity index (χ1n) is 17.4. The molecule has 0 radical (unpaired) electrons. The van der Waals surface area contributed by atoms with Gasteiger partial charge in [-0.05, 0) is 12.8 Å². The molecule has 0 bridgehead atoms. The first-order chi connectivity index (χ1) is 21.4. The topological polar surface area (TPSA) is 111 Å². The maximum Gasteiger partial charge on any atom is 0.329 e. The zero-order chi connectivity index (χ0) is 32.7. The van der Waals surface area contributed by atoms with Gasteiger partial charge in [-0.3, -0.25) is 9.59 Å². The van der Waals surface area contributed by atoms with Gasteiger partial charge in [0, 0.05) is 24.3 Å². The van der Waals surface area contributed by atoms with E-state index in [4.69, 9.17) is 9.47 Å². The van der Waals surface area contributed by atoms with Gasteiger partial charge in [0.1, 0.15) is 12.1 Å². The Hall–Kier alpha value is -1.42. The number of esters is 2. The van der Waals surface area contributed by atoms with E-state index in [0.29, 0.717) is 24.3 Å². The molecular formula is C34H64N2O6S2. The van der Waals surface area contributed by atoms with E-state index < -0.39 is 24.0 Å². The van der Waals surface area contributed by atoms with E-state index in [-0.39, 0.29) is 11.8 Å². The third-order valence-corrected chi connectivity index (χ3v) is 10.1. The average Bonchev–Trinajstić information content (AvgIpc) is 3.02. The number of methoxy groups -OCH3 is 2. The number of carbonyl (C=O) groups is 4. The van der Waals surface area contributed by atoms with Crippen molar-refractivity contribution in [2.75, 3.05) is 25.7 Å². The van der Waals surface area contributed by atoms with Crippen molar-refractivity contribution in [3.63, 3.8) is 0 Å². The van der Waals surface area contributed by atoms with Crippen LogP contribution in [0.5, 0.6) is 0 Å². The average molecular weight is 661 g/mol. The fraction of sp³-hybridized carbons (Fsp3) is 0.882. The standard InChI is InChI=1S/C34H64N2O6S2/c1-5-7-9-11-13-15-17-19-21-23-25-31(37)35-29(33(39)41-3)27-43-44-28-30(34(40)42-4)36-32(38)26-24-22-20-18-16-14-12-10-8-6-2/h29-30H,5-28H2,1-4H3,(H,35,37)(H,36,38)/t29-,30?/m0/s1. The number of carbonyl (C=O) groups excluding carboxylic acids is 4. The lowest BCUT2D eigenvalue weighted by Crippen LogP contribution is -2.44. The van der Waals surface area contributed by atoms with Gasteiger partial charge >= 0.3 is 11.9 Å². The summed E-state index contributed by atoms with van der Waals surface area (Å²) in [5.41, 5.74) is 0. The van der Waals surface area contributed by atoms with E-state index >= 15 is 0 Å². The molecule has 0 aliphatic heterocycles. The van der Waals surface area contributed by atoms with Crippen molar-refractivity contribution >= 4 is 45.3 Å². The Bertz CT molecular complexity index is 681. The van der Waals surface area contributed by atoms with E-state index in [1.807, 2.05) is 0 Å². The zero-order valence-electron chi connectivity index (χ0n) is 28.4. The minimum absolute atomic E-state index is 0.155. The molecule has 0 aliphatic rings. The normalized spacial score (nSPS) is 12.4. The van der Waals surface area contributed by atoms with Crippen LogP contribution in [0, 0.1) is 0 Å². The van der Waals surface area contributed by atoms with Gasteiger partial charge in [-0.2, -0.15) is 0 Å². The summed E-state index contributed by atoms with van der Waals surface area (Å²) in [6, 6.07) is -1.54. The summed E-state index contributed by atoms with van der Waals surface area (Å²) in [4.78, 5) is 49.5. The van der Waals surface area contributed by atoms with Gasteiger partial charge in [-0.1, -0.05) is 151 Å². The minimum Gasteiger partial charge on any atom is -0.467 e. The van der Waals surface area contributed by atoms with Crippen molar-refractivity contribution in [3.05, 3.63) is 0 Å². The summed E-state index contributed by atoms with van der Waals surface area (Å²) in [5.74, 6) is -0.717. The van der Waals surface area contributed by atoms with Crippen LogP contribution in [0.2, 0.25) is 0 Å². The molecule has 0 aromatic heterocycles. The second-order valence-corrected chi connectivity index (χ2v) is 14.3. The maximum atomic E-state index is 12.5. The fourth-order valence-electron chi connectivity index (χ4n) is 4.93. The van der Waals surface area contributed by atoms with Crippen molar-refractivity contribution in [1.82, 2.24) is 10.6 Å². The van der Waals surface area contributed by atoms with Crippen LogP contribution in [0.15, 0.2) is 0 Å². The number of hydrogen-bond donors (Lipinski definition) is 2. The fourth-order valence-corrected chi connectivity index (χ4v) is 7.23. The molecule has 2 atom stereocenters. The van der Waals surface area contributed by atoms with Crippen LogP contribution >= 0.6 is 21.6 Å². The van der Waals surface area contributed by atoms with Crippen LogP contribution in [0.4, 0.5) is 0 Å². The number of ether oxygens (including phenoxy) is 2. The third kappa shape index (κ3) is 25.9. The van der Waals surface area contributed by atoms with Crippen molar-refractivity contribution in [3.8, 4) is 0 Å². The maximum absolute atomic E-state index is 12.5. The van der Waals surface area contributed by atoms with Crippen molar-refractivity contribution in [2.24, 2.45) is 0 Å². The van der Waals surface area contributed by atoms with Gasteiger partial charge in [-0.15, -0.1) is 0 Å². The van der Waals surface area contributed by atoms with Gasteiger partial charge in [0.2, 0.25) is 11.8 Å². The number of amides is 2. The molecule has 258 valence electrons. The Morgan fingerprint density at radius 2 is 0.750 bits per heavy atom. The van der Waals surface area contributed by atoms with E-state index in [2.05, 4.69) is 24.5 Å². The molecule has 0 spiro atoms. The SMILES string of the molecule is CCCCCCCCCCCCC(=O)NC(CSSC[C@H](NC(=O)CCCCCCCCCCCC)C(=O)OC)C(=O)OC. The van der Waals surface area contributed by atoms with E-state index in [0.717, 1.165) is 38.5 Å². The Balaban J connectivity index is 4.25. The molecule has 0 rings (SSSR count). The first kappa shape index (κ1) is 42.6. The molecule has 0 aromatic carbocycles. The smallest absolute Gasteiger partial charge is 0.329 e. The van der Waals surface area contributed by atoms with Gasteiger partial charge in [0.15, 0.2) is 0 Å². The second kappa shape index (κ2) is 31.6. The van der Waals surface area contributed by atoms with Gasteiger partial charge in [0.25, 0.3) is 0 Å². The van der Waals surface area contributed by atoms with Crippen LogP contribution in [0.3, 0.4) is 0 Å². The molecule has 2 N–H and O–H groups in total. The number of hydrogen-bond acceptors (Lipinski definition) is 8. The van der Waals surface area contributed by atoms with Crippen molar-refractivity contribution in [1.29, 1.82) is 0 Å². The van der Waals surface area contributed by atoms with Gasteiger partial charge in [0.05, 0.1) is 14.2 Å². The molecule has 0 saturated carbocycles. The third-order valence-electron chi connectivity index (χ3n) is 7.71. The first-order valence-corrected chi connectivity index (χ1v) is 19.9. The van der Waals surface area contributed by atoms with Gasteiger partial charge in [-0.25, -0.2) is 9.59 Å². The molecule has 1 unspecified atom stereocenters. The summed E-state index contributed by atoms with van der Waals surface area (Å²) >= 11 is 0. The number of nitrogens with one attached hydrogen (secondary N) is 2. The molecule has 0 heterocycles. The summed E-state index contributed by atoms with van der Waals surface area (Å²) in [5, 5.41) is 5.59. The van der Waals surface area contributed by atoms with Crippen molar-refractivity contribution < 1.29 is 28.7 Å². The number of rotatable bonds is 31. The van der Waals surface area contributed by atoms with Crippen LogP contribution in [-0.4, -0.2) is 61.6 Å². The Kier molecular flexibility index (Phi) is 30.5. The van der Waals surface area contributed by atoms with E-state index in [9.17, 15) is 19.2 Å². The predicted octanol–water partition coefficient (Wildman–Crippen LogP) is 8.31. The highest BCUT2D eigenvalue weighted by atomic mass is 33.1. The molecule has 0 aliphatic carbocycles. The molecule has 44 heavy (non-hydrogen) atoms. The van der Waals surface area contributed by atoms with Gasteiger partial charge < -0.3 is 20.1 Å². The molecule has 10 heteroatoms. The Morgan fingerprint density at radius 1 is 0.477 bits per heavy atom. The Labute approximate surface area is 276 Å². The van der Waals surface area contributed by atoms with Crippen LogP contribution < -0.4 is 10.6 Å². The summed E-state index contributed by atoms with van der Waals surface area (Å²) in [6.45, 7) is 4.46. The van der Waals surface area contributed by atoms with Crippen LogP contribution in [-0.2, 0) is 28.7 Å². The number of unbranched alkanes of at least 4 members (excludes halogenated alkanes) is 18. The van der Waals surface area contributed by atoms with Crippen LogP contribution in [0.1, 0.15) is 155 Å². The minimum atomic E-state index is -0.768. The summed E-state index contributed by atoms with van der Waals surface area (Å²) in [6.07, 6.45) is 24.7. The van der Waals surface area contributed by atoms with Crippen molar-refractivity contribution in [2.45, 2.75) is 167 Å². The van der Waals surface area contributed by atoms with Crippen LogP contribution in [0.25, 0.3) is 0 Å². The zero-order valence-corrected chi connectivity index (χ0v) is 30.0. The summed E-state index contributed by atoms with van der Waals surface area (Å²) in [7, 11) is 5.31. The highest BCUT2D eigenvalue weighted by Crippen LogP contribution is 2.24. The highest BCUT2D eigenvalue weighted by Gasteiger charge is 2.24.